The maximum absolute atomic E-state index is 4.27. The van der Waals surface area contributed by atoms with Gasteiger partial charge in [-0.2, -0.15) is 0 Å². The second-order valence-corrected chi connectivity index (χ2v) is 7.62. The third-order valence-corrected chi connectivity index (χ3v) is 5.93. The van der Waals surface area contributed by atoms with E-state index >= 15 is 0 Å². The molecule has 0 aromatic heterocycles. The molecule has 0 unspecified atom stereocenters. The van der Waals surface area contributed by atoms with E-state index in [1.54, 1.807) is 0 Å². The number of rotatable bonds is 5. The molecular weight excluding hydrogens is 377 g/mol. The Morgan fingerprint density at radius 1 is 0.958 bits per heavy atom. The van der Waals surface area contributed by atoms with E-state index in [1.807, 2.05) is 0 Å². The summed E-state index contributed by atoms with van der Waals surface area (Å²) in [5.74, 6) is 0. The van der Waals surface area contributed by atoms with Crippen LogP contribution in [0.4, 0.5) is 0 Å². The first-order chi connectivity index (χ1) is 11.8. The van der Waals surface area contributed by atoms with Crippen LogP contribution in [0.5, 0.6) is 0 Å². The van der Waals surface area contributed by atoms with Gasteiger partial charge in [-0.15, -0.1) is 0 Å². The molecule has 0 bridgehead atoms. The van der Waals surface area contributed by atoms with Crippen LogP contribution in [-0.2, 0) is 16.2 Å². The molecule has 0 amide bonds. The van der Waals surface area contributed by atoms with E-state index in [2.05, 4.69) is 73.2 Å². The molecule has 2 aromatic rings. The van der Waals surface area contributed by atoms with Gasteiger partial charge in [0, 0.05) is 0 Å². The van der Waals surface area contributed by atoms with Gasteiger partial charge in [-0.05, 0) is 0 Å². The minimum absolute atomic E-state index is 0.0318. The van der Waals surface area contributed by atoms with Gasteiger partial charge in [0.2, 0.25) is 0 Å². The Hall–Kier alpha value is -1.68. The van der Waals surface area contributed by atoms with E-state index in [4.69, 9.17) is 0 Å². The molecule has 0 aliphatic heterocycles. The molecule has 124 valence electrons. The van der Waals surface area contributed by atoms with Crippen molar-refractivity contribution in [3.05, 3.63) is 70.5 Å². The zero-order valence-electron chi connectivity index (χ0n) is 14.5. The van der Waals surface area contributed by atoms with Crippen LogP contribution in [0.1, 0.15) is 56.2 Å². The van der Waals surface area contributed by atoms with Crippen molar-refractivity contribution in [1.29, 1.82) is 0 Å². The number of fused-ring (bicyclic) bond motifs is 3. The maximum atomic E-state index is 4.27. The SMILES string of the molecule is [CH2]=[Ru]=[C]1c2ccccc2-c2cccc(C=C=C(CCC)CCC)c21. The fourth-order valence-corrected chi connectivity index (χ4v) is 4.88. The Bertz CT molecular complexity index is 865. The first-order valence-corrected chi connectivity index (χ1v) is 10.8. The van der Waals surface area contributed by atoms with Gasteiger partial charge in [0.05, 0.1) is 0 Å². The van der Waals surface area contributed by atoms with E-state index in [0.29, 0.717) is 0 Å². The van der Waals surface area contributed by atoms with Crippen molar-refractivity contribution < 1.29 is 16.2 Å². The second-order valence-electron chi connectivity index (χ2n) is 6.13. The zero-order chi connectivity index (χ0) is 16.9. The van der Waals surface area contributed by atoms with Crippen LogP contribution in [0.3, 0.4) is 0 Å². The summed E-state index contributed by atoms with van der Waals surface area (Å²) in [7, 11) is 0. The molecule has 1 aliphatic carbocycles. The molecule has 0 saturated carbocycles. The summed E-state index contributed by atoms with van der Waals surface area (Å²) in [5.41, 5.74) is 11.8. The second kappa shape index (κ2) is 7.93. The Labute approximate surface area is 152 Å². The van der Waals surface area contributed by atoms with Crippen molar-refractivity contribution in [3.63, 3.8) is 0 Å². The van der Waals surface area contributed by atoms with Crippen molar-refractivity contribution in [2.24, 2.45) is 0 Å². The summed E-state index contributed by atoms with van der Waals surface area (Å²) in [6.45, 7) is 4.49. The molecule has 0 nitrogen and oxygen atoms in total. The van der Waals surface area contributed by atoms with E-state index in [1.165, 1.54) is 50.3 Å². The van der Waals surface area contributed by atoms with Crippen LogP contribution < -0.4 is 0 Å². The predicted octanol–water partition coefficient (Wildman–Crippen LogP) is 5.89. The molecule has 0 N–H and O–H groups in total. The Morgan fingerprint density at radius 2 is 1.62 bits per heavy atom. The van der Waals surface area contributed by atoms with Gasteiger partial charge in [0.15, 0.2) is 0 Å². The fourth-order valence-electron chi connectivity index (χ4n) is 3.37. The molecule has 0 fully saturated rings. The molecule has 3 rings (SSSR count). The Kier molecular flexibility index (Phi) is 5.67. The number of benzene rings is 2. The number of allylic oxidation sites excluding steroid dienone is 1. The molecule has 0 saturated heterocycles. The summed E-state index contributed by atoms with van der Waals surface area (Å²) in [6.07, 6.45) is 6.89. The molecule has 0 radical (unpaired) electrons. The summed E-state index contributed by atoms with van der Waals surface area (Å²) >= 11 is -0.0318. The molecule has 1 heteroatoms. The van der Waals surface area contributed by atoms with Crippen molar-refractivity contribution in [2.75, 3.05) is 0 Å². The minimum atomic E-state index is -0.0318. The fraction of sp³-hybridized carbons (Fsp3) is 0.261. The van der Waals surface area contributed by atoms with Gasteiger partial charge in [-0.1, -0.05) is 0 Å². The van der Waals surface area contributed by atoms with Gasteiger partial charge in [0.1, 0.15) is 0 Å². The van der Waals surface area contributed by atoms with Crippen LogP contribution in [-0.4, -0.2) is 9.22 Å². The molecule has 1 aliphatic rings. The van der Waals surface area contributed by atoms with Gasteiger partial charge in [-0.25, -0.2) is 0 Å². The van der Waals surface area contributed by atoms with E-state index in [9.17, 15) is 0 Å². The molecule has 2 aromatic carbocycles. The quantitative estimate of drug-likeness (QED) is 0.369. The van der Waals surface area contributed by atoms with Gasteiger partial charge in [0.25, 0.3) is 0 Å². The summed E-state index contributed by atoms with van der Waals surface area (Å²) in [6, 6.07) is 15.4. The van der Waals surface area contributed by atoms with Crippen molar-refractivity contribution in [2.45, 2.75) is 39.5 Å². The topological polar surface area (TPSA) is 0 Å². The van der Waals surface area contributed by atoms with Crippen LogP contribution in [0.2, 0.25) is 0 Å². The molecule has 0 heterocycles. The van der Waals surface area contributed by atoms with E-state index in [0.717, 1.165) is 12.8 Å². The molecule has 24 heavy (non-hydrogen) atoms. The zero-order valence-corrected chi connectivity index (χ0v) is 16.2. The van der Waals surface area contributed by atoms with Crippen LogP contribution in [0.15, 0.2) is 53.8 Å². The van der Waals surface area contributed by atoms with Crippen LogP contribution in [0, 0.1) is 0 Å². The summed E-state index contributed by atoms with van der Waals surface area (Å²) in [5, 5.41) is 4.27. The number of hydrogen-bond acceptors (Lipinski definition) is 0. The van der Waals surface area contributed by atoms with E-state index < -0.39 is 0 Å². The first kappa shape index (κ1) is 17.2. The Balaban J connectivity index is 2.15. The van der Waals surface area contributed by atoms with Crippen LogP contribution in [0.25, 0.3) is 17.2 Å². The Morgan fingerprint density at radius 3 is 2.29 bits per heavy atom. The van der Waals surface area contributed by atoms with Gasteiger partial charge < -0.3 is 0 Å². The standard InChI is InChI=1S/C22H22.CH2.Ru/c1-3-8-17(9-4-2)14-15-18-11-7-13-21-20-12-6-5-10-19(20)16-22(18)21;;/h5-7,10-13,15H,3-4,8-9H2,1-2H3;1H2;. The monoisotopic (exact) mass is 402 g/mol. The first-order valence-electron chi connectivity index (χ1n) is 8.70. The van der Waals surface area contributed by atoms with E-state index in [-0.39, 0.29) is 16.2 Å². The van der Waals surface area contributed by atoms with Crippen molar-refractivity contribution >= 4 is 15.3 Å². The van der Waals surface area contributed by atoms with Gasteiger partial charge >= 0.3 is 153 Å². The van der Waals surface area contributed by atoms with Crippen molar-refractivity contribution in [3.8, 4) is 11.1 Å². The molecular formula is C23H24Ru. The normalized spacial score (nSPS) is 11.7. The number of hydrogen-bond donors (Lipinski definition) is 0. The average molecular weight is 402 g/mol. The molecule has 0 spiro atoms. The third kappa shape index (κ3) is 3.25. The third-order valence-electron chi connectivity index (χ3n) is 4.42. The average Bonchev–Trinajstić information content (AvgIpc) is 2.94. The predicted molar refractivity (Wildman–Crippen MR) is 104 cm³/mol. The molecule has 0 atom stereocenters. The van der Waals surface area contributed by atoms with Gasteiger partial charge in [-0.3, -0.25) is 0 Å². The van der Waals surface area contributed by atoms with Crippen LogP contribution >= 0.6 is 0 Å². The summed E-state index contributed by atoms with van der Waals surface area (Å²) in [4.78, 5) is 0. The van der Waals surface area contributed by atoms with Crippen molar-refractivity contribution in [1.82, 2.24) is 0 Å². The summed E-state index contributed by atoms with van der Waals surface area (Å²) < 4.78 is 1.45.